The van der Waals surface area contributed by atoms with Gasteiger partial charge in [0.15, 0.2) is 0 Å². The third-order valence-electron chi connectivity index (χ3n) is 2.20. The number of halogens is 1. The normalized spacial score (nSPS) is 10.0. The van der Waals surface area contributed by atoms with Crippen molar-refractivity contribution in [1.82, 2.24) is 0 Å². The lowest BCUT2D eigenvalue weighted by atomic mass is 10.1. The summed E-state index contributed by atoms with van der Waals surface area (Å²) in [7, 11) is 0. The van der Waals surface area contributed by atoms with Crippen molar-refractivity contribution in [2.45, 2.75) is 26.2 Å². The van der Waals surface area contributed by atoms with Gasteiger partial charge in [0, 0.05) is 6.42 Å². The summed E-state index contributed by atoms with van der Waals surface area (Å²) >= 11 is 0. The molecule has 0 fully saturated rings. The zero-order chi connectivity index (χ0) is 12.7. The minimum absolute atomic E-state index is 0.0829. The number of hydrogen-bond donors (Lipinski definition) is 0. The van der Waals surface area contributed by atoms with Gasteiger partial charge in [-0.2, -0.15) is 0 Å². The molecule has 0 saturated heterocycles. The first kappa shape index (κ1) is 13.4. The summed E-state index contributed by atoms with van der Waals surface area (Å²) in [4.78, 5) is 22.0. The Bertz CT molecular complexity index is 384. The molecule has 0 aliphatic carbocycles. The fourth-order valence-corrected chi connectivity index (χ4v) is 1.33. The zero-order valence-electron chi connectivity index (χ0n) is 9.74. The number of carbonyl (C=O) groups excluding carboxylic acids is 2. The summed E-state index contributed by atoms with van der Waals surface area (Å²) in [6.07, 6.45) is 1.09. The van der Waals surface area contributed by atoms with Crippen molar-refractivity contribution in [3.63, 3.8) is 0 Å². The molecule has 0 heterocycles. The SMILES string of the molecule is CC(=O)CCCOC(=O)Cc1ccc(F)cc1. The summed E-state index contributed by atoms with van der Waals surface area (Å²) in [6.45, 7) is 1.75. The maximum absolute atomic E-state index is 12.6. The number of hydrogen-bond acceptors (Lipinski definition) is 3. The zero-order valence-corrected chi connectivity index (χ0v) is 9.74. The first-order valence-corrected chi connectivity index (χ1v) is 5.47. The highest BCUT2D eigenvalue weighted by atomic mass is 19.1. The van der Waals surface area contributed by atoms with Crippen LogP contribution >= 0.6 is 0 Å². The summed E-state index contributed by atoms with van der Waals surface area (Å²) in [5.41, 5.74) is 0.711. The predicted molar refractivity (Wildman–Crippen MR) is 61.0 cm³/mol. The monoisotopic (exact) mass is 238 g/mol. The van der Waals surface area contributed by atoms with Crippen LogP contribution in [0.5, 0.6) is 0 Å². The molecular formula is C13H15FO3. The van der Waals surface area contributed by atoms with Crippen LogP contribution in [0.15, 0.2) is 24.3 Å². The van der Waals surface area contributed by atoms with Crippen molar-refractivity contribution < 1.29 is 18.7 Å². The lowest BCUT2D eigenvalue weighted by Crippen LogP contribution is -2.09. The highest BCUT2D eigenvalue weighted by Gasteiger charge is 2.05. The number of esters is 1. The molecule has 1 aromatic rings. The molecular weight excluding hydrogens is 223 g/mol. The van der Waals surface area contributed by atoms with E-state index in [1.54, 1.807) is 12.1 Å². The molecule has 0 aromatic heterocycles. The molecule has 0 bridgehead atoms. The van der Waals surface area contributed by atoms with Crippen molar-refractivity contribution in [3.8, 4) is 0 Å². The molecule has 0 radical (unpaired) electrons. The van der Waals surface area contributed by atoms with E-state index in [1.807, 2.05) is 0 Å². The second kappa shape index (κ2) is 6.78. The first-order valence-electron chi connectivity index (χ1n) is 5.47. The van der Waals surface area contributed by atoms with Crippen molar-refractivity contribution in [3.05, 3.63) is 35.6 Å². The fourth-order valence-electron chi connectivity index (χ4n) is 1.33. The van der Waals surface area contributed by atoms with Gasteiger partial charge in [-0.3, -0.25) is 4.79 Å². The quantitative estimate of drug-likeness (QED) is 0.564. The number of ketones is 1. The molecule has 4 heteroatoms. The predicted octanol–water partition coefficient (Wildman–Crippen LogP) is 2.28. The Morgan fingerprint density at radius 3 is 2.47 bits per heavy atom. The van der Waals surface area contributed by atoms with Gasteiger partial charge in [-0.25, -0.2) is 4.39 Å². The van der Waals surface area contributed by atoms with Crippen LogP contribution in [0, 0.1) is 5.82 Å². The second-order valence-corrected chi connectivity index (χ2v) is 3.83. The molecule has 0 N–H and O–H groups in total. The summed E-state index contributed by atoms with van der Waals surface area (Å²) in [6, 6.07) is 5.70. The van der Waals surface area contributed by atoms with Gasteiger partial charge < -0.3 is 9.53 Å². The maximum atomic E-state index is 12.6. The van der Waals surface area contributed by atoms with Gasteiger partial charge in [0.1, 0.15) is 11.6 Å². The Balaban J connectivity index is 2.25. The van der Waals surface area contributed by atoms with Gasteiger partial charge in [0.05, 0.1) is 13.0 Å². The fraction of sp³-hybridized carbons (Fsp3) is 0.385. The third kappa shape index (κ3) is 5.80. The van der Waals surface area contributed by atoms with Crippen LogP contribution in [-0.4, -0.2) is 18.4 Å². The Kier molecular flexibility index (Phi) is 5.33. The van der Waals surface area contributed by atoms with Crippen molar-refractivity contribution in [2.75, 3.05) is 6.61 Å². The Hall–Kier alpha value is -1.71. The Morgan fingerprint density at radius 2 is 1.88 bits per heavy atom. The molecule has 92 valence electrons. The smallest absolute Gasteiger partial charge is 0.310 e. The molecule has 0 saturated carbocycles. The van der Waals surface area contributed by atoms with E-state index in [1.165, 1.54) is 19.1 Å². The standard InChI is InChI=1S/C13H15FO3/c1-10(15)3-2-8-17-13(16)9-11-4-6-12(14)7-5-11/h4-7H,2-3,8-9H2,1H3. The van der Waals surface area contributed by atoms with Gasteiger partial charge in [0.2, 0.25) is 0 Å². The highest BCUT2D eigenvalue weighted by molar-refractivity contribution is 5.75. The molecule has 0 spiro atoms. The van der Waals surface area contributed by atoms with E-state index in [2.05, 4.69) is 0 Å². The lowest BCUT2D eigenvalue weighted by Gasteiger charge is -2.04. The van der Waals surface area contributed by atoms with Gasteiger partial charge in [0.25, 0.3) is 0 Å². The third-order valence-corrected chi connectivity index (χ3v) is 2.20. The van der Waals surface area contributed by atoms with Crippen LogP contribution in [-0.2, 0) is 20.7 Å². The number of carbonyl (C=O) groups is 2. The van der Waals surface area contributed by atoms with Crippen LogP contribution in [0.2, 0.25) is 0 Å². The van der Waals surface area contributed by atoms with Gasteiger partial charge in [-0.15, -0.1) is 0 Å². The summed E-state index contributed by atoms with van der Waals surface area (Å²) in [5, 5.41) is 0. The average Bonchev–Trinajstić information content (AvgIpc) is 2.27. The summed E-state index contributed by atoms with van der Waals surface area (Å²) in [5.74, 6) is -0.608. The van der Waals surface area contributed by atoms with Crippen LogP contribution in [0.3, 0.4) is 0 Å². The van der Waals surface area contributed by atoms with Crippen LogP contribution in [0.1, 0.15) is 25.3 Å². The van der Waals surface area contributed by atoms with E-state index >= 15 is 0 Å². The van der Waals surface area contributed by atoms with E-state index < -0.39 is 0 Å². The molecule has 1 aromatic carbocycles. The van der Waals surface area contributed by atoms with Gasteiger partial charge in [-0.1, -0.05) is 12.1 Å². The number of ether oxygens (including phenoxy) is 1. The van der Waals surface area contributed by atoms with Gasteiger partial charge in [-0.05, 0) is 31.0 Å². The molecule has 0 unspecified atom stereocenters. The first-order chi connectivity index (χ1) is 8.08. The lowest BCUT2D eigenvalue weighted by molar-refractivity contribution is -0.143. The maximum Gasteiger partial charge on any atom is 0.310 e. The van der Waals surface area contributed by atoms with E-state index in [9.17, 15) is 14.0 Å². The second-order valence-electron chi connectivity index (χ2n) is 3.83. The van der Waals surface area contributed by atoms with Gasteiger partial charge >= 0.3 is 5.97 Å². The molecule has 0 atom stereocenters. The van der Waals surface area contributed by atoms with E-state index in [0.29, 0.717) is 18.4 Å². The number of Topliss-reactive ketones (excluding diaryl/α,β-unsaturated/α-hetero) is 1. The van der Waals surface area contributed by atoms with Crippen LogP contribution in [0.25, 0.3) is 0 Å². The van der Waals surface area contributed by atoms with Crippen molar-refractivity contribution in [2.24, 2.45) is 0 Å². The average molecular weight is 238 g/mol. The minimum atomic E-state index is -0.361. The number of benzene rings is 1. The molecule has 0 amide bonds. The largest absolute Gasteiger partial charge is 0.465 e. The van der Waals surface area contributed by atoms with E-state index in [4.69, 9.17) is 4.74 Å². The summed E-state index contributed by atoms with van der Waals surface area (Å²) < 4.78 is 17.5. The van der Waals surface area contributed by atoms with E-state index in [-0.39, 0.29) is 30.6 Å². The van der Waals surface area contributed by atoms with E-state index in [0.717, 1.165) is 0 Å². The minimum Gasteiger partial charge on any atom is -0.465 e. The van der Waals surface area contributed by atoms with Crippen LogP contribution in [0.4, 0.5) is 4.39 Å². The Labute approximate surface area is 99.6 Å². The van der Waals surface area contributed by atoms with Crippen LogP contribution < -0.4 is 0 Å². The Morgan fingerprint density at radius 1 is 1.24 bits per heavy atom. The number of rotatable bonds is 6. The molecule has 0 aliphatic rings. The molecule has 1 rings (SSSR count). The topological polar surface area (TPSA) is 43.4 Å². The molecule has 17 heavy (non-hydrogen) atoms. The van der Waals surface area contributed by atoms with Crippen molar-refractivity contribution in [1.29, 1.82) is 0 Å². The van der Waals surface area contributed by atoms with Crippen molar-refractivity contribution >= 4 is 11.8 Å². The molecule has 3 nitrogen and oxygen atoms in total. The highest BCUT2D eigenvalue weighted by Crippen LogP contribution is 2.04. The molecule has 0 aliphatic heterocycles.